The Kier molecular flexibility index (Phi) is 4.44. The number of nitrogens with one attached hydrogen (secondary N) is 1. The largest absolute Gasteiger partial charge is 0.306 e. The van der Waals surface area contributed by atoms with Gasteiger partial charge in [0.2, 0.25) is 0 Å². The number of aromatic nitrogens is 1. The number of pyridine rings is 1. The van der Waals surface area contributed by atoms with Crippen molar-refractivity contribution in [2.45, 2.75) is 19.5 Å². The van der Waals surface area contributed by atoms with E-state index in [9.17, 15) is 4.39 Å². The summed E-state index contributed by atoms with van der Waals surface area (Å²) in [6.07, 6.45) is 3.50. The smallest absolute Gasteiger partial charge is 0.128 e. The third-order valence-electron chi connectivity index (χ3n) is 2.79. The summed E-state index contributed by atoms with van der Waals surface area (Å²) >= 11 is 3.36. The van der Waals surface area contributed by atoms with Gasteiger partial charge in [-0.05, 0) is 42.8 Å². The van der Waals surface area contributed by atoms with Crippen LogP contribution in [0.1, 0.15) is 24.1 Å². The Labute approximate surface area is 114 Å². The Balaban J connectivity index is 2.03. The van der Waals surface area contributed by atoms with Gasteiger partial charge in [-0.15, -0.1) is 0 Å². The Hall–Kier alpha value is -1.26. The SMILES string of the molecule is CC(NCc1ccncc1)c1cc(Br)ccc1F. The van der Waals surface area contributed by atoms with Crippen LogP contribution in [-0.2, 0) is 6.54 Å². The van der Waals surface area contributed by atoms with Crippen molar-refractivity contribution in [2.24, 2.45) is 0 Å². The second-order valence-corrected chi connectivity index (χ2v) is 5.04. The first-order valence-electron chi connectivity index (χ1n) is 5.74. The second-order valence-electron chi connectivity index (χ2n) is 4.12. The molecule has 1 N–H and O–H groups in total. The molecule has 2 aromatic rings. The average molecular weight is 309 g/mol. The molecule has 2 nitrogen and oxygen atoms in total. The lowest BCUT2D eigenvalue weighted by Crippen LogP contribution is -2.19. The van der Waals surface area contributed by atoms with Gasteiger partial charge >= 0.3 is 0 Å². The molecule has 0 saturated carbocycles. The standard InChI is InChI=1S/C14H14BrFN2/c1-10(13-8-12(15)2-3-14(13)16)18-9-11-4-6-17-7-5-11/h2-8,10,18H,9H2,1H3. The summed E-state index contributed by atoms with van der Waals surface area (Å²) in [5, 5.41) is 3.29. The molecule has 0 saturated heterocycles. The molecule has 1 heterocycles. The number of halogens is 2. The van der Waals surface area contributed by atoms with E-state index in [0.29, 0.717) is 12.1 Å². The van der Waals surface area contributed by atoms with Gasteiger partial charge in [0.05, 0.1) is 0 Å². The van der Waals surface area contributed by atoms with Crippen LogP contribution in [0.25, 0.3) is 0 Å². The molecule has 0 bridgehead atoms. The quantitative estimate of drug-likeness (QED) is 0.928. The summed E-state index contributed by atoms with van der Waals surface area (Å²) in [6.45, 7) is 2.64. The fourth-order valence-corrected chi connectivity index (χ4v) is 2.11. The molecule has 1 aromatic heterocycles. The summed E-state index contributed by atoms with van der Waals surface area (Å²) in [5.41, 5.74) is 1.80. The Morgan fingerprint density at radius 3 is 2.72 bits per heavy atom. The van der Waals surface area contributed by atoms with Gasteiger partial charge in [0.15, 0.2) is 0 Å². The van der Waals surface area contributed by atoms with E-state index in [1.165, 1.54) is 6.07 Å². The van der Waals surface area contributed by atoms with Crippen molar-refractivity contribution in [3.8, 4) is 0 Å². The Morgan fingerprint density at radius 1 is 1.28 bits per heavy atom. The molecule has 1 atom stereocenters. The summed E-state index contributed by atoms with van der Waals surface area (Å²) in [4.78, 5) is 3.96. The van der Waals surface area contributed by atoms with Crippen molar-refractivity contribution in [1.29, 1.82) is 0 Å². The van der Waals surface area contributed by atoms with Gasteiger partial charge in [-0.25, -0.2) is 4.39 Å². The van der Waals surface area contributed by atoms with Crippen LogP contribution in [0.4, 0.5) is 4.39 Å². The van der Waals surface area contributed by atoms with Gasteiger partial charge in [0.1, 0.15) is 5.82 Å². The fraction of sp³-hybridized carbons (Fsp3) is 0.214. The first kappa shape index (κ1) is 13.2. The van der Waals surface area contributed by atoms with Crippen molar-refractivity contribution in [2.75, 3.05) is 0 Å². The molecule has 0 fully saturated rings. The molecule has 0 amide bonds. The lowest BCUT2D eigenvalue weighted by atomic mass is 10.1. The number of hydrogen-bond donors (Lipinski definition) is 1. The summed E-state index contributed by atoms with van der Waals surface area (Å²) in [5.74, 6) is -0.187. The zero-order chi connectivity index (χ0) is 13.0. The van der Waals surface area contributed by atoms with Crippen LogP contribution in [0.5, 0.6) is 0 Å². The zero-order valence-corrected chi connectivity index (χ0v) is 11.6. The third-order valence-corrected chi connectivity index (χ3v) is 3.28. The first-order chi connectivity index (χ1) is 8.66. The molecule has 0 aliphatic carbocycles. The average Bonchev–Trinajstić information content (AvgIpc) is 2.40. The monoisotopic (exact) mass is 308 g/mol. The van der Waals surface area contributed by atoms with Crippen molar-refractivity contribution >= 4 is 15.9 Å². The van der Waals surface area contributed by atoms with Gasteiger partial charge < -0.3 is 5.32 Å². The van der Waals surface area contributed by atoms with E-state index >= 15 is 0 Å². The second kappa shape index (κ2) is 6.07. The highest BCUT2D eigenvalue weighted by Gasteiger charge is 2.10. The van der Waals surface area contributed by atoms with Gasteiger partial charge in [0, 0.05) is 35.0 Å². The number of hydrogen-bond acceptors (Lipinski definition) is 2. The third kappa shape index (κ3) is 3.37. The van der Waals surface area contributed by atoms with Crippen molar-refractivity contribution in [1.82, 2.24) is 10.3 Å². The van der Waals surface area contributed by atoms with Crippen molar-refractivity contribution < 1.29 is 4.39 Å². The van der Waals surface area contributed by atoms with Gasteiger partial charge in [-0.3, -0.25) is 4.98 Å². The number of rotatable bonds is 4. The summed E-state index contributed by atoms with van der Waals surface area (Å²) in [7, 11) is 0. The van der Waals surface area contributed by atoms with Gasteiger partial charge in [-0.1, -0.05) is 15.9 Å². The van der Waals surface area contributed by atoms with E-state index in [1.54, 1.807) is 24.5 Å². The van der Waals surface area contributed by atoms with Crippen LogP contribution in [-0.4, -0.2) is 4.98 Å². The first-order valence-corrected chi connectivity index (χ1v) is 6.53. The van der Waals surface area contributed by atoms with Crippen LogP contribution < -0.4 is 5.32 Å². The minimum atomic E-state index is -0.187. The van der Waals surface area contributed by atoms with Crippen LogP contribution in [0.15, 0.2) is 47.2 Å². The van der Waals surface area contributed by atoms with E-state index in [4.69, 9.17) is 0 Å². The molecule has 0 aliphatic rings. The van der Waals surface area contributed by atoms with E-state index in [1.807, 2.05) is 19.1 Å². The Bertz CT molecular complexity index is 516. The van der Waals surface area contributed by atoms with Crippen LogP contribution in [0, 0.1) is 5.82 Å². The molecule has 0 aliphatic heterocycles. The molecule has 1 aromatic carbocycles. The van der Waals surface area contributed by atoms with Crippen LogP contribution in [0.2, 0.25) is 0 Å². The molecule has 0 radical (unpaired) electrons. The molecule has 2 rings (SSSR count). The fourth-order valence-electron chi connectivity index (χ4n) is 1.73. The summed E-state index contributed by atoms with van der Waals surface area (Å²) < 4.78 is 14.6. The predicted molar refractivity (Wildman–Crippen MR) is 73.6 cm³/mol. The molecule has 94 valence electrons. The Morgan fingerprint density at radius 2 is 2.00 bits per heavy atom. The lowest BCUT2D eigenvalue weighted by Gasteiger charge is -2.15. The maximum Gasteiger partial charge on any atom is 0.128 e. The zero-order valence-electron chi connectivity index (χ0n) is 10.0. The predicted octanol–water partition coefficient (Wildman–Crippen LogP) is 3.83. The van der Waals surface area contributed by atoms with Crippen LogP contribution >= 0.6 is 15.9 Å². The van der Waals surface area contributed by atoms with E-state index in [2.05, 4.69) is 26.2 Å². The summed E-state index contributed by atoms with van der Waals surface area (Å²) in [6, 6.07) is 8.82. The van der Waals surface area contributed by atoms with Crippen LogP contribution in [0.3, 0.4) is 0 Å². The minimum Gasteiger partial charge on any atom is -0.306 e. The number of nitrogens with zero attached hydrogens (tertiary/aromatic N) is 1. The molecule has 1 unspecified atom stereocenters. The van der Waals surface area contributed by atoms with E-state index in [-0.39, 0.29) is 11.9 Å². The van der Waals surface area contributed by atoms with E-state index < -0.39 is 0 Å². The highest BCUT2D eigenvalue weighted by Crippen LogP contribution is 2.21. The van der Waals surface area contributed by atoms with E-state index in [0.717, 1.165) is 10.0 Å². The lowest BCUT2D eigenvalue weighted by molar-refractivity contribution is 0.528. The number of benzene rings is 1. The normalized spacial score (nSPS) is 12.4. The van der Waals surface area contributed by atoms with Crippen molar-refractivity contribution in [3.05, 3.63) is 64.1 Å². The minimum absolute atomic E-state index is 0.0457. The molecular formula is C14H14BrFN2. The van der Waals surface area contributed by atoms with Gasteiger partial charge in [-0.2, -0.15) is 0 Å². The van der Waals surface area contributed by atoms with Gasteiger partial charge in [0.25, 0.3) is 0 Å². The highest BCUT2D eigenvalue weighted by atomic mass is 79.9. The molecular weight excluding hydrogens is 295 g/mol. The van der Waals surface area contributed by atoms with Crippen molar-refractivity contribution in [3.63, 3.8) is 0 Å². The maximum atomic E-state index is 13.7. The highest BCUT2D eigenvalue weighted by molar-refractivity contribution is 9.10. The maximum absolute atomic E-state index is 13.7. The topological polar surface area (TPSA) is 24.9 Å². The molecule has 18 heavy (non-hydrogen) atoms. The molecule has 0 spiro atoms. The molecule has 4 heteroatoms.